The number of fused-ring (bicyclic) bond motifs is 1. The topological polar surface area (TPSA) is 88.2 Å². The smallest absolute Gasteiger partial charge is 0.225 e. The fourth-order valence-electron chi connectivity index (χ4n) is 3.73. The second kappa shape index (κ2) is 6.22. The molecule has 126 valence electrons. The van der Waals surface area contributed by atoms with Crippen LogP contribution in [-0.4, -0.2) is 51.9 Å². The van der Waals surface area contributed by atoms with E-state index in [0.29, 0.717) is 17.4 Å². The maximum absolute atomic E-state index is 12.6. The second-order valence-electron chi connectivity index (χ2n) is 6.60. The minimum atomic E-state index is 0.154. The lowest BCUT2D eigenvalue weighted by Crippen LogP contribution is -2.42. The van der Waals surface area contributed by atoms with Crippen molar-refractivity contribution in [3.63, 3.8) is 0 Å². The Morgan fingerprint density at radius 2 is 1.83 bits per heavy atom. The first-order chi connectivity index (χ1) is 11.7. The van der Waals surface area contributed by atoms with Gasteiger partial charge in [0.1, 0.15) is 18.0 Å². The summed E-state index contributed by atoms with van der Waals surface area (Å²) in [7, 11) is 0. The van der Waals surface area contributed by atoms with E-state index in [1.807, 2.05) is 11.0 Å². The third-order valence-electron chi connectivity index (χ3n) is 5.06. The Hall–Kier alpha value is -2.44. The molecule has 0 unspecified atom stereocenters. The summed E-state index contributed by atoms with van der Waals surface area (Å²) in [5, 5.41) is 0.913. The van der Waals surface area contributed by atoms with Crippen LogP contribution in [0.4, 0.5) is 11.6 Å². The normalized spacial score (nSPS) is 19.2. The van der Waals surface area contributed by atoms with Gasteiger partial charge in [-0.25, -0.2) is 15.0 Å². The molecule has 0 aromatic carbocycles. The highest BCUT2D eigenvalue weighted by atomic mass is 16.2. The van der Waals surface area contributed by atoms with E-state index in [4.69, 9.17) is 5.73 Å². The molecule has 0 bridgehead atoms. The van der Waals surface area contributed by atoms with Crippen LogP contribution in [0.1, 0.15) is 25.7 Å². The van der Waals surface area contributed by atoms with Gasteiger partial charge >= 0.3 is 0 Å². The van der Waals surface area contributed by atoms with Crippen molar-refractivity contribution in [2.45, 2.75) is 25.7 Å². The number of nitrogen functional groups attached to an aromatic ring is 1. The minimum absolute atomic E-state index is 0.154. The molecule has 2 aliphatic rings. The zero-order chi connectivity index (χ0) is 16.5. The molecule has 0 atom stereocenters. The van der Waals surface area contributed by atoms with E-state index in [0.717, 1.165) is 63.1 Å². The predicted octanol–water partition coefficient (Wildman–Crippen LogP) is 1.45. The summed E-state index contributed by atoms with van der Waals surface area (Å²) in [5.41, 5.74) is 6.36. The van der Waals surface area contributed by atoms with E-state index >= 15 is 0 Å². The summed E-state index contributed by atoms with van der Waals surface area (Å²) in [6.45, 7) is 3.53. The molecule has 1 amide bonds. The minimum Gasteiger partial charge on any atom is -0.384 e. The van der Waals surface area contributed by atoms with Gasteiger partial charge in [-0.3, -0.25) is 4.79 Å². The number of hydrogen-bond acceptors (Lipinski definition) is 6. The maximum Gasteiger partial charge on any atom is 0.225 e. The summed E-state index contributed by atoms with van der Waals surface area (Å²) in [6.07, 6.45) is 5.58. The second-order valence-corrected chi connectivity index (χ2v) is 6.60. The molecule has 7 heteroatoms. The summed E-state index contributed by atoms with van der Waals surface area (Å²) in [5.74, 6) is 1.84. The van der Waals surface area contributed by atoms with Gasteiger partial charge in [-0.2, -0.15) is 0 Å². The molecular weight excluding hydrogens is 304 g/mol. The monoisotopic (exact) mass is 326 g/mol. The average Bonchev–Trinajstić information content (AvgIpc) is 3.15. The van der Waals surface area contributed by atoms with Crippen LogP contribution >= 0.6 is 0 Å². The largest absolute Gasteiger partial charge is 0.384 e. The Morgan fingerprint density at radius 1 is 1.08 bits per heavy atom. The van der Waals surface area contributed by atoms with Crippen LogP contribution in [0.2, 0.25) is 0 Å². The molecule has 2 aromatic heterocycles. The molecular formula is C17H22N6O. The molecule has 2 aliphatic heterocycles. The van der Waals surface area contributed by atoms with Crippen molar-refractivity contribution in [1.29, 1.82) is 0 Å². The lowest BCUT2D eigenvalue weighted by molar-refractivity contribution is -0.135. The summed E-state index contributed by atoms with van der Waals surface area (Å²) in [6, 6.07) is 3.70. The van der Waals surface area contributed by atoms with Crippen LogP contribution in [0.15, 0.2) is 18.5 Å². The number of piperidine rings is 1. The number of carbonyl (C=O) groups excluding carboxylic acids is 1. The van der Waals surface area contributed by atoms with Crippen molar-refractivity contribution in [2.75, 3.05) is 36.8 Å². The molecule has 0 radical (unpaired) electrons. The Kier molecular flexibility index (Phi) is 3.92. The molecule has 0 spiro atoms. The van der Waals surface area contributed by atoms with Gasteiger partial charge in [0, 0.05) is 32.1 Å². The first-order valence-corrected chi connectivity index (χ1v) is 8.63. The number of anilines is 2. The Balaban J connectivity index is 1.49. The maximum atomic E-state index is 12.6. The van der Waals surface area contributed by atoms with Crippen molar-refractivity contribution in [3.8, 4) is 0 Å². The highest BCUT2D eigenvalue weighted by molar-refractivity contribution is 5.88. The predicted molar refractivity (Wildman–Crippen MR) is 92.5 cm³/mol. The van der Waals surface area contributed by atoms with Gasteiger partial charge in [-0.1, -0.05) is 0 Å². The molecule has 7 nitrogen and oxygen atoms in total. The number of amides is 1. The van der Waals surface area contributed by atoms with Crippen molar-refractivity contribution < 1.29 is 4.79 Å². The number of likely N-dealkylation sites (tertiary alicyclic amines) is 1. The third kappa shape index (κ3) is 2.74. The van der Waals surface area contributed by atoms with Crippen LogP contribution in [0.3, 0.4) is 0 Å². The molecule has 2 saturated heterocycles. The molecule has 4 heterocycles. The van der Waals surface area contributed by atoms with Crippen LogP contribution in [-0.2, 0) is 4.79 Å². The van der Waals surface area contributed by atoms with Gasteiger partial charge in [0.15, 0.2) is 5.65 Å². The highest BCUT2D eigenvalue weighted by Gasteiger charge is 2.30. The number of aromatic nitrogens is 3. The van der Waals surface area contributed by atoms with Crippen LogP contribution < -0.4 is 10.6 Å². The molecule has 24 heavy (non-hydrogen) atoms. The number of nitrogens with two attached hydrogens (primary N) is 1. The van der Waals surface area contributed by atoms with E-state index in [-0.39, 0.29) is 5.92 Å². The van der Waals surface area contributed by atoms with Gasteiger partial charge in [0.05, 0.1) is 5.39 Å². The highest BCUT2D eigenvalue weighted by Crippen LogP contribution is 2.28. The Bertz CT molecular complexity index is 750. The quantitative estimate of drug-likeness (QED) is 0.898. The van der Waals surface area contributed by atoms with E-state index in [2.05, 4.69) is 19.9 Å². The van der Waals surface area contributed by atoms with Crippen LogP contribution in [0, 0.1) is 5.92 Å². The molecule has 0 aliphatic carbocycles. The Morgan fingerprint density at radius 3 is 2.58 bits per heavy atom. The van der Waals surface area contributed by atoms with E-state index in [1.165, 1.54) is 6.33 Å². The van der Waals surface area contributed by atoms with Gasteiger partial charge in [0.25, 0.3) is 0 Å². The van der Waals surface area contributed by atoms with Crippen molar-refractivity contribution in [1.82, 2.24) is 19.9 Å². The van der Waals surface area contributed by atoms with Gasteiger partial charge in [-0.05, 0) is 37.8 Å². The first kappa shape index (κ1) is 15.1. The van der Waals surface area contributed by atoms with Crippen molar-refractivity contribution >= 4 is 28.6 Å². The molecule has 2 fully saturated rings. The molecule has 4 rings (SSSR count). The zero-order valence-corrected chi connectivity index (χ0v) is 13.7. The first-order valence-electron chi connectivity index (χ1n) is 8.63. The number of carbonyl (C=O) groups is 1. The van der Waals surface area contributed by atoms with E-state index in [9.17, 15) is 4.79 Å². The van der Waals surface area contributed by atoms with Crippen molar-refractivity contribution in [2.24, 2.45) is 5.92 Å². The molecule has 0 saturated carbocycles. The van der Waals surface area contributed by atoms with Gasteiger partial charge in [-0.15, -0.1) is 0 Å². The van der Waals surface area contributed by atoms with Gasteiger partial charge < -0.3 is 15.5 Å². The third-order valence-corrected chi connectivity index (χ3v) is 5.06. The average molecular weight is 326 g/mol. The molecule has 2 N–H and O–H groups in total. The summed E-state index contributed by atoms with van der Waals surface area (Å²) >= 11 is 0. The zero-order valence-electron chi connectivity index (χ0n) is 13.7. The number of rotatable bonds is 2. The van der Waals surface area contributed by atoms with Crippen LogP contribution in [0.5, 0.6) is 0 Å². The van der Waals surface area contributed by atoms with E-state index < -0.39 is 0 Å². The van der Waals surface area contributed by atoms with Crippen LogP contribution in [0.25, 0.3) is 11.0 Å². The fourth-order valence-corrected chi connectivity index (χ4v) is 3.73. The summed E-state index contributed by atoms with van der Waals surface area (Å²) < 4.78 is 0. The summed E-state index contributed by atoms with van der Waals surface area (Å²) in [4.78, 5) is 29.7. The van der Waals surface area contributed by atoms with E-state index in [1.54, 1.807) is 6.07 Å². The number of nitrogens with zero attached hydrogens (tertiary/aromatic N) is 5. The number of hydrogen-bond donors (Lipinski definition) is 1. The van der Waals surface area contributed by atoms with Crippen molar-refractivity contribution in [3.05, 3.63) is 18.5 Å². The number of pyridine rings is 1. The van der Waals surface area contributed by atoms with Gasteiger partial charge in [0.2, 0.25) is 5.91 Å². The standard InChI is InChI=1S/C17H22N6O/c18-14-4-3-13-15(21-14)19-11-20-16(13)22-9-5-12(6-10-22)17(24)23-7-1-2-8-23/h3-4,11-12H,1-2,5-10H2,(H2,18,19,20,21). The lowest BCUT2D eigenvalue weighted by Gasteiger charge is -2.34. The SMILES string of the molecule is Nc1ccc2c(N3CCC(C(=O)N4CCCC4)CC3)ncnc2n1. The Labute approximate surface area is 140 Å². The lowest BCUT2D eigenvalue weighted by atomic mass is 9.95. The fraction of sp³-hybridized carbons (Fsp3) is 0.529. The molecule has 2 aromatic rings.